The maximum atomic E-state index is 12.7. The van der Waals surface area contributed by atoms with Crippen molar-refractivity contribution in [2.45, 2.75) is 42.8 Å². The maximum Gasteiger partial charge on any atom is 0.325 e. The zero-order chi connectivity index (χ0) is 14.3. The molecule has 1 aromatic rings. The number of carboxylic acid groups (broad SMARTS) is 1. The lowest BCUT2D eigenvalue weighted by atomic mass is 9.97. The first-order chi connectivity index (χ1) is 8.82. The Morgan fingerprint density at radius 2 is 1.89 bits per heavy atom. The lowest BCUT2D eigenvalue weighted by Crippen LogP contribution is -2.48. The molecule has 2 rings (SSSR count). The molecule has 0 aromatic heterocycles. The molecule has 0 heterocycles. The van der Waals surface area contributed by atoms with Crippen LogP contribution in [0.3, 0.4) is 0 Å². The molecule has 1 saturated carbocycles. The van der Waals surface area contributed by atoms with Gasteiger partial charge < -0.3 is 5.11 Å². The Kier molecular flexibility index (Phi) is 3.43. The van der Waals surface area contributed by atoms with Gasteiger partial charge in [-0.15, -0.1) is 0 Å². The molecule has 1 aliphatic rings. The van der Waals surface area contributed by atoms with Crippen LogP contribution in [-0.2, 0) is 14.6 Å². The minimum atomic E-state index is -3.87. The third-order valence-electron chi connectivity index (χ3n) is 4.15. The highest BCUT2D eigenvalue weighted by molar-refractivity contribution is 7.93. The summed E-state index contributed by atoms with van der Waals surface area (Å²) < 4.78 is 23.8. The second-order valence-electron chi connectivity index (χ2n) is 5.30. The summed E-state index contributed by atoms with van der Waals surface area (Å²) in [4.78, 5) is 11.7. The van der Waals surface area contributed by atoms with Crippen molar-refractivity contribution >= 4 is 15.8 Å². The molecule has 2 atom stereocenters. The monoisotopic (exact) mass is 282 g/mol. The summed E-state index contributed by atoms with van der Waals surface area (Å²) in [5, 5.41) is 9.51. The summed E-state index contributed by atoms with van der Waals surface area (Å²) in [7, 11) is -3.87. The Morgan fingerprint density at radius 1 is 1.32 bits per heavy atom. The number of carboxylic acids is 1. The van der Waals surface area contributed by atoms with Crippen molar-refractivity contribution in [2.24, 2.45) is 5.92 Å². The van der Waals surface area contributed by atoms with Gasteiger partial charge in [0.15, 0.2) is 14.6 Å². The predicted octanol–water partition coefficient (Wildman–Crippen LogP) is 2.41. The largest absolute Gasteiger partial charge is 0.480 e. The second-order valence-corrected chi connectivity index (χ2v) is 7.51. The lowest BCUT2D eigenvalue weighted by molar-refractivity contribution is -0.141. The topological polar surface area (TPSA) is 71.4 Å². The minimum Gasteiger partial charge on any atom is -0.480 e. The molecule has 1 N–H and O–H groups in total. The molecule has 0 bridgehead atoms. The SMILES string of the molecule is Cc1ccc(S(=O)(=O)C2(C(=O)O)CCCC2C)cc1. The smallest absolute Gasteiger partial charge is 0.325 e. The average Bonchev–Trinajstić information content (AvgIpc) is 2.73. The molecular weight excluding hydrogens is 264 g/mol. The van der Waals surface area contributed by atoms with Gasteiger partial charge in [0.25, 0.3) is 0 Å². The van der Waals surface area contributed by atoms with Crippen LogP contribution in [0.2, 0.25) is 0 Å². The summed E-state index contributed by atoms with van der Waals surface area (Å²) in [5.74, 6) is -1.59. The van der Waals surface area contributed by atoms with E-state index in [1.54, 1.807) is 19.1 Å². The number of benzene rings is 1. The number of hydrogen-bond acceptors (Lipinski definition) is 3. The molecule has 2 unspecified atom stereocenters. The van der Waals surface area contributed by atoms with E-state index in [1.165, 1.54) is 12.1 Å². The molecule has 0 spiro atoms. The molecular formula is C14H18O4S. The van der Waals surface area contributed by atoms with Crippen LogP contribution in [0.1, 0.15) is 31.7 Å². The Bertz CT molecular complexity index is 588. The molecule has 0 aliphatic heterocycles. The summed E-state index contributed by atoms with van der Waals surface area (Å²) in [6, 6.07) is 6.39. The van der Waals surface area contributed by atoms with Gasteiger partial charge >= 0.3 is 5.97 Å². The standard InChI is InChI=1S/C14H18O4S/c1-10-5-7-12(8-6-10)19(17,18)14(13(15)16)9-3-4-11(14)2/h5-8,11H,3-4,9H2,1-2H3,(H,15,16). The highest BCUT2D eigenvalue weighted by atomic mass is 32.2. The number of aryl methyl sites for hydroxylation is 1. The first-order valence-corrected chi connectivity index (χ1v) is 7.85. The summed E-state index contributed by atoms with van der Waals surface area (Å²) in [6.45, 7) is 3.58. The molecule has 1 fully saturated rings. The fourth-order valence-corrected chi connectivity index (χ4v) is 5.12. The highest BCUT2D eigenvalue weighted by Crippen LogP contribution is 2.44. The van der Waals surface area contributed by atoms with Crippen molar-refractivity contribution in [3.05, 3.63) is 29.8 Å². The van der Waals surface area contributed by atoms with E-state index in [9.17, 15) is 18.3 Å². The fraction of sp³-hybridized carbons (Fsp3) is 0.500. The van der Waals surface area contributed by atoms with Crippen molar-refractivity contribution in [1.29, 1.82) is 0 Å². The van der Waals surface area contributed by atoms with Gasteiger partial charge in [0.05, 0.1) is 4.90 Å². The zero-order valence-corrected chi connectivity index (χ0v) is 11.9. The molecule has 4 nitrogen and oxygen atoms in total. The van der Waals surface area contributed by atoms with Crippen LogP contribution in [0.4, 0.5) is 0 Å². The van der Waals surface area contributed by atoms with Crippen LogP contribution >= 0.6 is 0 Å². The molecule has 1 aliphatic carbocycles. The molecule has 0 amide bonds. The van der Waals surface area contributed by atoms with Gasteiger partial charge in [-0.1, -0.05) is 31.0 Å². The minimum absolute atomic E-state index is 0.106. The molecule has 5 heteroatoms. The van der Waals surface area contributed by atoms with Crippen molar-refractivity contribution in [3.8, 4) is 0 Å². The third kappa shape index (κ3) is 1.96. The normalized spacial score (nSPS) is 27.4. The van der Waals surface area contributed by atoms with Gasteiger partial charge in [-0.2, -0.15) is 0 Å². The number of carbonyl (C=O) groups is 1. The van der Waals surface area contributed by atoms with E-state index in [0.29, 0.717) is 12.8 Å². The number of hydrogen-bond donors (Lipinski definition) is 1. The quantitative estimate of drug-likeness (QED) is 0.924. The van der Waals surface area contributed by atoms with Crippen LogP contribution in [-0.4, -0.2) is 24.2 Å². The van der Waals surface area contributed by atoms with Crippen molar-refractivity contribution in [3.63, 3.8) is 0 Å². The molecule has 19 heavy (non-hydrogen) atoms. The van der Waals surface area contributed by atoms with Gasteiger partial charge in [-0.05, 0) is 37.8 Å². The highest BCUT2D eigenvalue weighted by Gasteiger charge is 2.57. The van der Waals surface area contributed by atoms with Crippen LogP contribution in [0, 0.1) is 12.8 Å². The number of aliphatic carboxylic acids is 1. The van der Waals surface area contributed by atoms with Crippen molar-refractivity contribution in [1.82, 2.24) is 0 Å². The van der Waals surface area contributed by atoms with E-state index < -0.39 is 20.6 Å². The van der Waals surface area contributed by atoms with Gasteiger partial charge in [-0.3, -0.25) is 4.79 Å². The van der Waals surface area contributed by atoms with E-state index in [2.05, 4.69) is 0 Å². The van der Waals surface area contributed by atoms with E-state index in [0.717, 1.165) is 5.56 Å². The van der Waals surface area contributed by atoms with Crippen molar-refractivity contribution in [2.75, 3.05) is 0 Å². The summed E-state index contributed by atoms with van der Waals surface area (Å²) in [6.07, 6.45) is 1.47. The lowest BCUT2D eigenvalue weighted by Gasteiger charge is -2.28. The molecule has 0 radical (unpaired) electrons. The van der Waals surface area contributed by atoms with Crippen molar-refractivity contribution < 1.29 is 18.3 Å². The Hall–Kier alpha value is -1.36. The van der Waals surface area contributed by atoms with Crippen LogP contribution in [0.25, 0.3) is 0 Å². The van der Waals surface area contributed by atoms with E-state index in [4.69, 9.17) is 0 Å². The first-order valence-electron chi connectivity index (χ1n) is 6.37. The molecule has 1 aromatic carbocycles. The second kappa shape index (κ2) is 4.63. The van der Waals surface area contributed by atoms with E-state index in [-0.39, 0.29) is 17.2 Å². The van der Waals surface area contributed by atoms with Crippen LogP contribution in [0.5, 0.6) is 0 Å². The predicted molar refractivity (Wildman–Crippen MR) is 71.7 cm³/mol. The summed E-state index contributed by atoms with van der Waals surface area (Å²) in [5.41, 5.74) is 0.947. The van der Waals surface area contributed by atoms with E-state index >= 15 is 0 Å². The Labute approximate surface area is 113 Å². The number of sulfone groups is 1. The third-order valence-corrected chi connectivity index (χ3v) is 6.79. The average molecular weight is 282 g/mol. The Balaban J connectivity index is 2.59. The fourth-order valence-electron chi connectivity index (χ4n) is 2.91. The van der Waals surface area contributed by atoms with Crippen LogP contribution < -0.4 is 0 Å². The van der Waals surface area contributed by atoms with Gasteiger partial charge in [0.2, 0.25) is 0 Å². The first kappa shape index (κ1) is 14.1. The van der Waals surface area contributed by atoms with Gasteiger partial charge in [0, 0.05) is 0 Å². The zero-order valence-electron chi connectivity index (χ0n) is 11.1. The van der Waals surface area contributed by atoms with Gasteiger partial charge in [-0.25, -0.2) is 8.42 Å². The Morgan fingerprint density at radius 3 is 2.32 bits per heavy atom. The maximum absolute atomic E-state index is 12.7. The van der Waals surface area contributed by atoms with Crippen LogP contribution in [0.15, 0.2) is 29.2 Å². The van der Waals surface area contributed by atoms with Gasteiger partial charge in [0.1, 0.15) is 0 Å². The van der Waals surface area contributed by atoms with E-state index in [1.807, 2.05) is 6.92 Å². The summed E-state index contributed by atoms with van der Waals surface area (Å²) >= 11 is 0. The molecule has 0 saturated heterocycles. The number of rotatable bonds is 3. The molecule has 104 valence electrons.